The van der Waals surface area contributed by atoms with Crippen LogP contribution in [0.2, 0.25) is 0 Å². The van der Waals surface area contributed by atoms with Gasteiger partial charge in [0.2, 0.25) is 0 Å². The number of hydrogen-bond acceptors (Lipinski definition) is 4. The van der Waals surface area contributed by atoms with E-state index < -0.39 is 0 Å². The molecular formula is C19H18N4O. The Morgan fingerprint density at radius 3 is 2.42 bits per heavy atom. The quantitative estimate of drug-likeness (QED) is 0.785. The Morgan fingerprint density at radius 1 is 0.958 bits per heavy atom. The zero-order chi connectivity index (χ0) is 16.8. The van der Waals surface area contributed by atoms with E-state index in [1.807, 2.05) is 66.5 Å². The first kappa shape index (κ1) is 15.7. The first-order valence-electron chi connectivity index (χ1n) is 7.67. The number of para-hydroxylation sites is 1. The molecule has 1 amide bonds. The van der Waals surface area contributed by atoms with E-state index in [1.54, 1.807) is 18.5 Å². The first-order valence-corrected chi connectivity index (χ1v) is 7.67. The Morgan fingerprint density at radius 2 is 1.75 bits per heavy atom. The van der Waals surface area contributed by atoms with E-state index >= 15 is 0 Å². The van der Waals surface area contributed by atoms with Gasteiger partial charge in [0.15, 0.2) is 0 Å². The fraction of sp³-hybridized carbons (Fsp3) is 0.105. The SMILES string of the molecule is CN(c1ccccc1)c1ccc(C(=O)NCc2ccccn2)nc1. The van der Waals surface area contributed by atoms with E-state index in [2.05, 4.69) is 15.3 Å². The molecule has 5 nitrogen and oxygen atoms in total. The predicted molar refractivity (Wildman–Crippen MR) is 94.1 cm³/mol. The molecule has 2 heterocycles. The van der Waals surface area contributed by atoms with E-state index in [9.17, 15) is 4.79 Å². The molecule has 0 unspecified atom stereocenters. The lowest BCUT2D eigenvalue weighted by Crippen LogP contribution is -2.24. The summed E-state index contributed by atoms with van der Waals surface area (Å²) in [6, 6.07) is 19.2. The van der Waals surface area contributed by atoms with Gasteiger partial charge in [-0.25, -0.2) is 4.98 Å². The summed E-state index contributed by atoms with van der Waals surface area (Å²) in [7, 11) is 1.97. The number of aromatic nitrogens is 2. The second kappa shape index (κ2) is 7.37. The lowest BCUT2D eigenvalue weighted by Gasteiger charge is -2.19. The number of anilines is 2. The number of hydrogen-bond donors (Lipinski definition) is 1. The summed E-state index contributed by atoms with van der Waals surface area (Å²) in [5.74, 6) is -0.213. The minimum atomic E-state index is -0.213. The van der Waals surface area contributed by atoms with Gasteiger partial charge in [-0.2, -0.15) is 0 Å². The monoisotopic (exact) mass is 318 g/mol. The van der Waals surface area contributed by atoms with Crippen molar-refractivity contribution < 1.29 is 4.79 Å². The highest BCUT2D eigenvalue weighted by atomic mass is 16.1. The molecule has 120 valence electrons. The molecular weight excluding hydrogens is 300 g/mol. The van der Waals surface area contributed by atoms with E-state index in [0.29, 0.717) is 12.2 Å². The van der Waals surface area contributed by atoms with Crippen LogP contribution >= 0.6 is 0 Å². The van der Waals surface area contributed by atoms with Gasteiger partial charge < -0.3 is 10.2 Å². The Balaban J connectivity index is 1.64. The molecule has 0 saturated heterocycles. The maximum Gasteiger partial charge on any atom is 0.270 e. The summed E-state index contributed by atoms with van der Waals surface area (Å²) >= 11 is 0. The van der Waals surface area contributed by atoms with Gasteiger partial charge in [0, 0.05) is 18.9 Å². The van der Waals surface area contributed by atoms with Crippen molar-refractivity contribution in [1.82, 2.24) is 15.3 Å². The van der Waals surface area contributed by atoms with Crippen molar-refractivity contribution in [2.75, 3.05) is 11.9 Å². The fourth-order valence-corrected chi connectivity index (χ4v) is 2.28. The Bertz CT molecular complexity index is 789. The van der Waals surface area contributed by atoms with Crippen molar-refractivity contribution in [3.8, 4) is 0 Å². The van der Waals surface area contributed by atoms with Crippen molar-refractivity contribution in [2.24, 2.45) is 0 Å². The van der Waals surface area contributed by atoms with Crippen LogP contribution in [0.5, 0.6) is 0 Å². The topological polar surface area (TPSA) is 58.1 Å². The number of carbonyl (C=O) groups excluding carboxylic acids is 1. The summed E-state index contributed by atoms with van der Waals surface area (Å²) in [6.07, 6.45) is 3.40. The number of nitrogens with one attached hydrogen (secondary N) is 1. The average Bonchev–Trinajstić information content (AvgIpc) is 2.67. The standard InChI is InChI=1S/C19H18N4O/c1-23(16-8-3-2-4-9-16)17-10-11-18(21-14-17)19(24)22-13-15-7-5-6-12-20-15/h2-12,14H,13H2,1H3,(H,22,24). The number of amides is 1. The van der Waals surface area contributed by atoms with E-state index in [4.69, 9.17) is 0 Å². The van der Waals surface area contributed by atoms with Crippen LogP contribution in [0.15, 0.2) is 73.1 Å². The van der Waals surface area contributed by atoms with Gasteiger partial charge in [-0.1, -0.05) is 24.3 Å². The van der Waals surface area contributed by atoms with Crippen LogP contribution < -0.4 is 10.2 Å². The lowest BCUT2D eigenvalue weighted by molar-refractivity contribution is 0.0945. The van der Waals surface area contributed by atoms with Gasteiger partial charge in [-0.05, 0) is 36.4 Å². The van der Waals surface area contributed by atoms with Crippen LogP contribution in [0.1, 0.15) is 16.2 Å². The largest absolute Gasteiger partial charge is 0.345 e. The molecule has 3 aromatic rings. The van der Waals surface area contributed by atoms with Crippen LogP contribution in [-0.4, -0.2) is 22.9 Å². The molecule has 0 aliphatic heterocycles. The van der Waals surface area contributed by atoms with Gasteiger partial charge in [0.05, 0.1) is 24.1 Å². The maximum absolute atomic E-state index is 12.2. The molecule has 0 radical (unpaired) electrons. The van der Waals surface area contributed by atoms with Crippen molar-refractivity contribution in [1.29, 1.82) is 0 Å². The summed E-state index contributed by atoms with van der Waals surface area (Å²) in [5, 5.41) is 2.82. The van der Waals surface area contributed by atoms with E-state index in [-0.39, 0.29) is 5.91 Å². The van der Waals surface area contributed by atoms with Gasteiger partial charge in [0.1, 0.15) is 5.69 Å². The average molecular weight is 318 g/mol. The number of pyridine rings is 2. The maximum atomic E-state index is 12.2. The highest BCUT2D eigenvalue weighted by Gasteiger charge is 2.09. The minimum absolute atomic E-state index is 0.213. The zero-order valence-corrected chi connectivity index (χ0v) is 13.4. The molecule has 0 aliphatic carbocycles. The Hall–Kier alpha value is -3.21. The number of benzene rings is 1. The molecule has 1 N–H and O–H groups in total. The number of rotatable bonds is 5. The smallest absolute Gasteiger partial charge is 0.270 e. The second-order valence-electron chi connectivity index (χ2n) is 5.30. The highest BCUT2D eigenvalue weighted by molar-refractivity contribution is 5.92. The molecule has 24 heavy (non-hydrogen) atoms. The molecule has 1 aromatic carbocycles. The molecule has 0 atom stereocenters. The third-order valence-electron chi connectivity index (χ3n) is 3.67. The van der Waals surface area contributed by atoms with E-state index in [1.165, 1.54) is 0 Å². The highest BCUT2D eigenvalue weighted by Crippen LogP contribution is 2.22. The number of nitrogens with zero attached hydrogens (tertiary/aromatic N) is 3. The molecule has 5 heteroatoms. The van der Waals surface area contributed by atoms with Crippen molar-refractivity contribution in [3.05, 3.63) is 84.4 Å². The van der Waals surface area contributed by atoms with Crippen LogP contribution in [-0.2, 0) is 6.54 Å². The zero-order valence-electron chi connectivity index (χ0n) is 13.4. The second-order valence-corrected chi connectivity index (χ2v) is 5.30. The summed E-state index contributed by atoms with van der Waals surface area (Å²) in [6.45, 7) is 0.382. The summed E-state index contributed by atoms with van der Waals surface area (Å²) in [4.78, 5) is 22.6. The van der Waals surface area contributed by atoms with Gasteiger partial charge in [-0.3, -0.25) is 9.78 Å². The molecule has 0 fully saturated rings. The third-order valence-corrected chi connectivity index (χ3v) is 3.67. The lowest BCUT2D eigenvalue weighted by atomic mass is 10.2. The van der Waals surface area contributed by atoms with Gasteiger partial charge in [0.25, 0.3) is 5.91 Å². The van der Waals surface area contributed by atoms with Crippen LogP contribution in [0.25, 0.3) is 0 Å². The van der Waals surface area contributed by atoms with Crippen molar-refractivity contribution in [3.63, 3.8) is 0 Å². The minimum Gasteiger partial charge on any atom is -0.345 e. The molecule has 0 aliphatic rings. The Kier molecular flexibility index (Phi) is 4.81. The van der Waals surface area contributed by atoms with Crippen LogP contribution in [0, 0.1) is 0 Å². The predicted octanol–water partition coefficient (Wildman–Crippen LogP) is 3.17. The summed E-state index contributed by atoms with van der Waals surface area (Å²) in [5.41, 5.74) is 3.18. The molecule has 0 spiro atoms. The van der Waals surface area contributed by atoms with Crippen molar-refractivity contribution in [2.45, 2.75) is 6.54 Å². The van der Waals surface area contributed by atoms with Gasteiger partial charge in [-0.15, -0.1) is 0 Å². The Labute approximate surface area is 141 Å². The molecule has 3 rings (SSSR count). The molecule has 2 aromatic heterocycles. The summed E-state index contributed by atoms with van der Waals surface area (Å²) < 4.78 is 0. The fourth-order valence-electron chi connectivity index (χ4n) is 2.28. The third kappa shape index (κ3) is 3.76. The first-order chi connectivity index (χ1) is 11.7. The van der Waals surface area contributed by atoms with Gasteiger partial charge >= 0.3 is 0 Å². The van der Waals surface area contributed by atoms with Crippen LogP contribution in [0.3, 0.4) is 0 Å². The number of carbonyl (C=O) groups is 1. The van der Waals surface area contributed by atoms with Crippen LogP contribution in [0.4, 0.5) is 11.4 Å². The molecule has 0 bridgehead atoms. The van der Waals surface area contributed by atoms with Crippen molar-refractivity contribution >= 4 is 17.3 Å². The normalized spacial score (nSPS) is 10.2. The van der Waals surface area contributed by atoms with E-state index in [0.717, 1.165) is 17.1 Å². The molecule has 0 saturated carbocycles.